The first-order chi connectivity index (χ1) is 11.0. The van der Waals surface area contributed by atoms with Crippen LogP contribution in [0.25, 0.3) is 0 Å². The Morgan fingerprint density at radius 2 is 2.04 bits per heavy atom. The largest absolute Gasteiger partial charge is 0.390 e. The summed E-state index contributed by atoms with van der Waals surface area (Å²) in [6.07, 6.45) is 1.63. The van der Waals surface area contributed by atoms with Gasteiger partial charge in [0.05, 0.1) is 30.3 Å². The minimum absolute atomic E-state index is 0.00123. The van der Waals surface area contributed by atoms with Gasteiger partial charge in [0.25, 0.3) is 0 Å². The van der Waals surface area contributed by atoms with Crippen LogP contribution in [-0.2, 0) is 18.4 Å². The molecular formula is C17H23N3O2S. The molecular weight excluding hydrogens is 310 g/mol. The highest BCUT2D eigenvalue weighted by atomic mass is 32.2. The van der Waals surface area contributed by atoms with Gasteiger partial charge in [-0.1, -0.05) is 55.9 Å². The summed E-state index contributed by atoms with van der Waals surface area (Å²) < 4.78 is 1.80. The molecule has 124 valence electrons. The number of hydrogen-bond donors (Lipinski definition) is 2. The Labute approximate surface area is 141 Å². The molecule has 0 bridgehead atoms. The normalized spacial score (nSPS) is 12.4. The monoisotopic (exact) mass is 333 g/mol. The highest BCUT2D eigenvalue weighted by molar-refractivity contribution is 7.99. The van der Waals surface area contributed by atoms with Crippen LogP contribution in [0.15, 0.2) is 41.7 Å². The van der Waals surface area contributed by atoms with Gasteiger partial charge in [0.15, 0.2) is 5.16 Å². The van der Waals surface area contributed by atoms with Gasteiger partial charge in [-0.25, -0.2) is 4.98 Å². The van der Waals surface area contributed by atoms with Crippen LogP contribution in [-0.4, -0.2) is 26.3 Å². The van der Waals surface area contributed by atoms with Crippen molar-refractivity contribution in [3.8, 4) is 0 Å². The summed E-state index contributed by atoms with van der Waals surface area (Å²) in [5.74, 6) is 0.581. The van der Waals surface area contributed by atoms with Crippen molar-refractivity contribution in [2.24, 2.45) is 13.0 Å². The molecule has 1 aromatic carbocycles. The molecule has 6 heteroatoms. The van der Waals surface area contributed by atoms with E-state index >= 15 is 0 Å². The first kappa shape index (κ1) is 17.6. The number of hydrogen-bond acceptors (Lipinski definition) is 4. The lowest BCUT2D eigenvalue weighted by Gasteiger charge is -2.22. The number of carbonyl (C=O) groups is 1. The molecule has 2 rings (SSSR count). The van der Waals surface area contributed by atoms with Crippen LogP contribution in [0.2, 0.25) is 0 Å². The van der Waals surface area contributed by atoms with Crippen molar-refractivity contribution in [2.45, 2.75) is 31.7 Å². The smallest absolute Gasteiger partial charge is 0.230 e. The van der Waals surface area contributed by atoms with Gasteiger partial charge in [-0.3, -0.25) is 4.79 Å². The lowest BCUT2D eigenvalue weighted by Crippen LogP contribution is -2.33. The molecule has 0 saturated heterocycles. The maximum Gasteiger partial charge on any atom is 0.230 e. The highest BCUT2D eigenvalue weighted by Crippen LogP contribution is 2.22. The summed E-state index contributed by atoms with van der Waals surface area (Å²) in [4.78, 5) is 16.5. The van der Waals surface area contributed by atoms with Crippen LogP contribution in [0.5, 0.6) is 0 Å². The third-order valence-electron chi connectivity index (χ3n) is 3.68. The van der Waals surface area contributed by atoms with Crippen molar-refractivity contribution >= 4 is 17.7 Å². The molecule has 0 aliphatic carbocycles. The fourth-order valence-corrected chi connectivity index (χ4v) is 3.13. The Balaban J connectivity index is 1.96. The Morgan fingerprint density at radius 1 is 1.35 bits per heavy atom. The fraction of sp³-hybridized carbons (Fsp3) is 0.412. The third kappa shape index (κ3) is 4.59. The lowest BCUT2D eigenvalue weighted by molar-refractivity contribution is -0.119. The Kier molecular flexibility index (Phi) is 6.24. The number of amides is 1. The minimum Gasteiger partial charge on any atom is -0.390 e. The zero-order chi connectivity index (χ0) is 16.8. The van der Waals surface area contributed by atoms with Gasteiger partial charge in [0, 0.05) is 7.05 Å². The van der Waals surface area contributed by atoms with Crippen LogP contribution >= 0.6 is 11.8 Å². The van der Waals surface area contributed by atoms with Crippen molar-refractivity contribution in [3.63, 3.8) is 0 Å². The van der Waals surface area contributed by atoms with Crippen LogP contribution in [0.4, 0.5) is 0 Å². The van der Waals surface area contributed by atoms with E-state index in [-0.39, 0.29) is 18.6 Å². The topological polar surface area (TPSA) is 67.2 Å². The van der Waals surface area contributed by atoms with E-state index in [1.165, 1.54) is 11.8 Å². The average molecular weight is 333 g/mol. The number of rotatable bonds is 7. The summed E-state index contributed by atoms with van der Waals surface area (Å²) in [6.45, 7) is 4.13. The van der Waals surface area contributed by atoms with E-state index in [0.29, 0.717) is 11.7 Å². The molecule has 2 aromatic rings. The third-order valence-corrected chi connectivity index (χ3v) is 4.72. The fourth-order valence-electron chi connectivity index (χ4n) is 2.35. The van der Waals surface area contributed by atoms with E-state index in [0.717, 1.165) is 16.4 Å². The maximum atomic E-state index is 12.3. The molecule has 0 radical (unpaired) electrons. The predicted octanol–water partition coefficient (Wildman–Crippen LogP) is 2.52. The van der Waals surface area contributed by atoms with E-state index in [2.05, 4.69) is 24.1 Å². The lowest BCUT2D eigenvalue weighted by atomic mass is 9.96. The SMILES string of the molecule is CC(C)C(NC(=O)CSc1ncc(CO)n1C)c1ccccc1. The molecule has 2 N–H and O–H groups in total. The second-order valence-electron chi connectivity index (χ2n) is 5.74. The summed E-state index contributed by atoms with van der Waals surface area (Å²) in [5.41, 5.74) is 1.85. The van der Waals surface area contributed by atoms with Crippen molar-refractivity contribution in [1.82, 2.24) is 14.9 Å². The highest BCUT2D eigenvalue weighted by Gasteiger charge is 2.18. The number of aliphatic hydroxyl groups excluding tert-OH is 1. The number of imidazole rings is 1. The Hall–Kier alpha value is -1.79. The zero-order valence-corrected chi connectivity index (χ0v) is 14.5. The number of benzene rings is 1. The predicted molar refractivity (Wildman–Crippen MR) is 92.0 cm³/mol. The number of aromatic nitrogens is 2. The van der Waals surface area contributed by atoms with Gasteiger partial charge < -0.3 is 15.0 Å². The van der Waals surface area contributed by atoms with Crippen molar-refractivity contribution in [1.29, 1.82) is 0 Å². The molecule has 1 unspecified atom stereocenters. The van der Waals surface area contributed by atoms with Crippen molar-refractivity contribution < 1.29 is 9.90 Å². The standard InChI is InChI=1S/C17H23N3O2S/c1-12(2)16(13-7-5-4-6-8-13)19-15(22)11-23-17-18-9-14(10-21)20(17)3/h4-9,12,16,21H,10-11H2,1-3H3,(H,19,22). The number of thioether (sulfide) groups is 1. The van der Waals surface area contributed by atoms with E-state index in [1.54, 1.807) is 10.8 Å². The average Bonchev–Trinajstić information content (AvgIpc) is 2.91. The summed E-state index contributed by atoms with van der Waals surface area (Å²) >= 11 is 1.37. The zero-order valence-electron chi connectivity index (χ0n) is 13.7. The maximum absolute atomic E-state index is 12.3. The molecule has 0 fully saturated rings. The summed E-state index contributed by atoms with van der Waals surface area (Å²) in [6, 6.07) is 10.00. The number of nitrogens with zero attached hydrogens (tertiary/aromatic N) is 2. The van der Waals surface area contributed by atoms with Gasteiger partial charge in [0.2, 0.25) is 5.91 Å². The number of carbonyl (C=O) groups excluding carboxylic acids is 1. The van der Waals surface area contributed by atoms with Crippen molar-refractivity contribution in [2.75, 3.05) is 5.75 Å². The molecule has 0 saturated carbocycles. The van der Waals surface area contributed by atoms with Gasteiger partial charge in [-0.15, -0.1) is 0 Å². The minimum atomic E-state index is -0.0559. The molecule has 0 aliphatic rings. The Bertz CT molecular complexity index is 641. The van der Waals surface area contributed by atoms with Gasteiger partial charge in [-0.2, -0.15) is 0 Å². The van der Waals surface area contributed by atoms with E-state index in [9.17, 15) is 4.79 Å². The molecule has 23 heavy (non-hydrogen) atoms. The van der Waals surface area contributed by atoms with Gasteiger partial charge in [-0.05, 0) is 11.5 Å². The second kappa shape index (κ2) is 8.17. The first-order valence-corrected chi connectivity index (χ1v) is 8.60. The molecule has 0 spiro atoms. The molecule has 1 aromatic heterocycles. The molecule has 1 atom stereocenters. The quantitative estimate of drug-likeness (QED) is 0.764. The van der Waals surface area contributed by atoms with Crippen LogP contribution in [0.1, 0.15) is 31.1 Å². The molecule has 1 amide bonds. The number of aliphatic hydroxyl groups is 1. The second-order valence-corrected chi connectivity index (χ2v) is 6.68. The van der Waals surface area contributed by atoms with Gasteiger partial charge >= 0.3 is 0 Å². The van der Waals surface area contributed by atoms with E-state index < -0.39 is 0 Å². The summed E-state index contributed by atoms with van der Waals surface area (Å²) in [7, 11) is 1.83. The Morgan fingerprint density at radius 3 is 2.61 bits per heavy atom. The van der Waals surface area contributed by atoms with Crippen LogP contribution in [0, 0.1) is 5.92 Å². The molecule has 0 aliphatic heterocycles. The van der Waals surface area contributed by atoms with Crippen molar-refractivity contribution in [3.05, 3.63) is 47.8 Å². The van der Waals surface area contributed by atoms with Gasteiger partial charge in [0.1, 0.15) is 0 Å². The summed E-state index contributed by atoms with van der Waals surface area (Å²) in [5, 5.41) is 13.0. The first-order valence-electron chi connectivity index (χ1n) is 7.61. The van der Waals surface area contributed by atoms with E-state index in [4.69, 9.17) is 5.11 Å². The molecule has 5 nitrogen and oxygen atoms in total. The molecule has 1 heterocycles. The van der Waals surface area contributed by atoms with Crippen LogP contribution < -0.4 is 5.32 Å². The van der Waals surface area contributed by atoms with E-state index in [1.807, 2.05) is 37.4 Å². The van der Waals surface area contributed by atoms with Crippen LogP contribution in [0.3, 0.4) is 0 Å². The number of nitrogens with one attached hydrogen (secondary N) is 1.